The van der Waals surface area contributed by atoms with Crippen LogP contribution in [0.1, 0.15) is 16.3 Å². The summed E-state index contributed by atoms with van der Waals surface area (Å²) in [6, 6.07) is 0. The molecule has 0 radical (unpaired) electrons. The van der Waals surface area contributed by atoms with Gasteiger partial charge in [-0.1, -0.05) is 0 Å². The molecular weight excluding hydrogens is 144 g/mol. The lowest BCUT2D eigenvalue weighted by Crippen LogP contribution is -2.08. The fraction of sp³-hybridized carbons (Fsp3) is 0.429. The largest absolute Gasteiger partial charge is 0.463 e. The number of rotatable bonds is 1. The molecule has 0 unspecified atom stereocenters. The zero-order chi connectivity index (χ0) is 8.43. The van der Waals surface area contributed by atoms with Crippen LogP contribution in [-0.4, -0.2) is 22.6 Å². The molecule has 1 aromatic rings. The molecule has 11 heavy (non-hydrogen) atoms. The molecule has 0 bridgehead atoms. The summed E-state index contributed by atoms with van der Waals surface area (Å²) in [6.45, 7) is 1.83. The first kappa shape index (κ1) is 7.78. The predicted molar refractivity (Wildman–Crippen MR) is 39.3 cm³/mol. The second-order valence-electron chi connectivity index (χ2n) is 2.31. The van der Waals surface area contributed by atoms with Crippen LogP contribution in [0, 0.1) is 6.92 Å². The quantitative estimate of drug-likeness (QED) is 0.554. The molecule has 0 fully saturated rings. The maximum Gasteiger partial charge on any atom is 0.374 e. The average molecular weight is 154 g/mol. The molecular formula is C7H10N2O2. The van der Waals surface area contributed by atoms with E-state index in [-0.39, 0.29) is 0 Å². The van der Waals surface area contributed by atoms with Crippen molar-refractivity contribution in [3.63, 3.8) is 0 Å². The molecule has 0 aliphatic rings. The number of nitrogens with zero attached hydrogens (tertiary/aromatic N) is 2. The number of imidazole rings is 1. The van der Waals surface area contributed by atoms with Gasteiger partial charge >= 0.3 is 5.97 Å². The Morgan fingerprint density at radius 1 is 1.73 bits per heavy atom. The first-order chi connectivity index (χ1) is 5.15. The van der Waals surface area contributed by atoms with Crippen molar-refractivity contribution < 1.29 is 9.53 Å². The molecule has 0 saturated carbocycles. The molecule has 1 heterocycles. The smallest absolute Gasteiger partial charge is 0.374 e. The van der Waals surface area contributed by atoms with Gasteiger partial charge in [0, 0.05) is 13.2 Å². The number of hydrogen-bond donors (Lipinski definition) is 0. The van der Waals surface area contributed by atoms with E-state index < -0.39 is 5.97 Å². The molecule has 4 nitrogen and oxygen atoms in total. The Morgan fingerprint density at radius 3 is 2.73 bits per heavy atom. The van der Waals surface area contributed by atoms with Gasteiger partial charge in [0.1, 0.15) is 0 Å². The van der Waals surface area contributed by atoms with Gasteiger partial charge in [-0.2, -0.15) is 0 Å². The van der Waals surface area contributed by atoms with Crippen molar-refractivity contribution in [1.29, 1.82) is 0 Å². The van der Waals surface area contributed by atoms with Crippen LogP contribution >= 0.6 is 0 Å². The van der Waals surface area contributed by atoms with Gasteiger partial charge in [-0.05, 0) is 6.92 Å². The zero-order valence-electron chi connectivity index (χ0n) is 6.79. The van der Waals surface area contributed by atoms with Crippen molar-refractivity contribution in [3.05, 3.63) is 17.7 Å². The second kappa shape index (κ2) is 2.74. The molecule has 0 aliphatic heterocycles. The number of hydrogen-bond acceptors (Lipinski definition) is 3. The van der Waals surface area contributed by atoms with Crippen LogP contribution in [0.5, 0.6) is 0 Å². The number of esters is 1. The fourth-order valence-corrected chi connectivity index (χ4v) is 0.897. The monoisotopic (exact) mass is 154 g/mol. The third kappa shape index (κ3) is 1.39. The Balaban J connectivity index is 3.03. The van der Waals surface area contributed by atoms with Crippen molar-refractivity contribution in [2.45, 2.75) is 6.92 Å². The van der Waals surface area contributed by atoms with E-state index in [1.54, 1.807) is 17.8 Å². The van der Waals surface area contributed by atoms with Crippen LogP contribution in [0.25, 0.3) is 0 Å². The van der Waals surface area contributed by atoms with Crippen molar-refractivity contribution >= 4 is 5.97 Å². The fourth-order valence-electron chi connectivity index (χ4n) is 0.897. The summed E-state index contributed by atoms with van der Waals surface area (Å²) in [7, 11) is 3.10. The van der Waals surface area contributed by atoms with E-state index in [1.807, 2.05) is 6.92 Å². The summed E-state index contributed by atoms with van der Waals surface area (Å²) in [5, 5.41) is 0. The molecule has 0 N–H and O–H groups in total. The van der Waals surface area contributed by atoms with Gasteiger partial charge in [0.15, 0.2) is 0 Å². The van der Waals surface area contributed by atoms with Crippen molar-refractivity contribution in [1.82, 2.24) is 9.55 Å². The summed E-state index contributed by atoms with van der Waals surface area (Å²) in [5.41, 5.74) is 0.813. The lowest BCUT2D eigenvalue weighted by molar-refractivity contribution is 0.0582. The van der Waals surface area contributed by atoms with Crippen molar-refractivity contribution in [2.24, 2.45) is 7.05 Å². The van der Waals surface area contributed by atoms with Crippen molar-refractivity contribution in [3.8, 4) is 0 Å². The normalized spacial score (nSPS) is 9.73. The third-order valence-electron chi connectivity index (χ3n) is 1.36. The first-order valence-corrected chi connectivity index (χ1v) is 3.23. The molecule has 0 spiro atoms. The highest BCUT2D eigenvalue weighted by molar-refractivity contribution is 5.85. The SMILES string of the molecule is COC(=O)c1nc(C)cn1C. The summed E-state index contributed by atoms with van der Waals surface area (Å²) in [4.78, 5) is 14.9. The minimum absolute atomic E-state index is 0.338. The second-order valence-corrected chi connectivity index (χ2v) is 2.31. The first-order valence-electron chi connectivity index (χ1n) is 3.23. The minimum atomic E-state index is -0.402. The van der Waals surface area contributed by atoms with E-state index in [4.69, 9.17) is 0 Å². The van der Waals surface area contributed by atoms with Crippen LogP contribution < -0.4 is 0 Å². The average Bonchev–Trinajstić information content (AvgIpc) is 2.28. The van der Waals surface area contributed by atoms with Crippen LogP contribution in [0.15, 0.2) is 6.20 Å². The molecule has 0 aliphatic carbocycles. The standard InChI is InChI=1S/C7H10N2O2/c1-5-4-9(2)6(8-5)7(10)11-3/h4H,1-3H3. The Labute approximate surface area is 64.8 Å². The highest BCUT2D eigenvalue weighted by Crippen LogP contribution is 2.00. The van der Waals surface area contributed by atoms with E-state index in [1.165, 1.54) is 7.11 Å². The zero-order valence-corrected chi connectivity index (χ0v) is 6.79. The molecule has 4 heteroatoms. The molecule has 0 amide bonds. The minimum Gasteiger partial charge on any atom is -0.463 e. The highest BCUT2D eigenvalue weighted by Gasteiger charge is 2.11. The third-order valence-corrected chi connectivity index (χ3v) is 1.36. The van der Waals surface area contributed by atoms with Crippen molar-refractivity contribution in [2.75, 3.05) is 7.11 Å². The van der Waals surface area contributed by atoms with Crippen LogP contribution in [0.3, 0.4) is 0 Å². The maximum absolute atomic E-state index is 10.9. The van der Waals surface area contributed by atoms with Crippen LogP contribution in [0.2, 0.25) is 0 Å². The lowest BCUT2D eigenvalue weighted by atomic mass is 10.6. The number of ether oxygens (including phenoxy) is 1. The van der Waals surface area contributed by atoms with Gasteiger partial charge < -0.3 is 9.30 Å². The Bertz CT molecular complexity index is 278. The Kier molecular flexibility index (Phi) is 1.94. The molecule has 0 saturated heterocycles. The number of carbonyl (C=O) groups is 1. The molecule has 1 aromatic heterocycles. The predicted octanol–water partition coefficient (Wildman–Crippen LogP) is 0.515. The summed E-state index contributed by atoms with van der Waals surface area (Å²) in [5.74, 6) is -0.0643. The van der Waals surface area contributed by atoms with Crippen LogP contribution in [-0.2, 0) is 11.8 Å². The molecule has 0 aromatic carbocycles. The summed E-state index contributed by atoms with van der Waals surface area (Å²) < 4.78 is 6.15. The number of aryl methyl sites for hydroxylation is 2. The maximum atomic E-state index is 10.9. The van der Waals surface area contributed by atoms with Gasteiger partial charge in [-0.15, -0.1) is 0 Å². The van der Waals surface area contributed by atoms with Gasteiger partial charge in [0.2, 0.25) is 5.82 Å². The van der Waals surface area contributed by atoms with Gasteiger partial charge in [-0.3, -0.25) is 0 Å². The van der Waals surface area contributed by atoms with Gasteiger partial charge in [0.25, 0.3) is 0 Å². The van der Waals surface area contributed by atoms with E-state index >= 15 is 0 Å². The summed E-state index contributed by atoms with van der Waals surface area (Å²) >= 11 is 0. The van der Waals surface area contributed by atoms with Crippen LogP contribution in [0.4, 0.5) is 0 Å². The topological polar surface area (TPSA) is 44.1 Å². The lowest BCUT2D eigenvalue weighted by Gasteiger charge is -1.96. The summed E-state index contributed by atoms with van der Waals surface area (Å²) in [6.07, 6.45) is 1.77. The molecule has 60 valence electrons. The van der Waals surface area contributed by atoms with E-state index in [0.29, 0.717) is 5.82 Å². The number of carbonyl (C=O) groups excluding carboxylic acids is 1. The van der Waals surface area contributed by atoms with E-state index in [9.17, 15) is 4.79 Å². The van der Waals surface area contributed by atoms with E-state index in [2.05, 4.69) is 9.72 Å². The molecule has 0 atom stereocenters. The molecule has 1 rings (SSSR count). The Hall–Kier alpha value is -1.32. The highest BCUT2D eigenvalue weighted by atomic mass is 16.5. The van der Waals surface area contributed by atoms with Gasteiger partial charge in [-0.25, -0.2) is 9.78 Å². The Morgan fingerprint density at radius 2 is 2.36 bits per heavy atom. The number of methoxy groups -OCH3 is 1. The van der Waals surface area contributed by atoms with E-state index in [0.717, 1.165) is 5.69 Å². The van der Waals surface area contributed by atoms with Gasteiger partial charge in [0.05, 0.1) is 12.8 Å². The number of aromatic nitrogens is 2.